The third kappa shape index (κ3) is 4.53. The van der Waals surface area contributed by atoms with Gasteiger partial charge in [0.2, 0.25) is 0 Å². The summed E-state index contributed by atoms with van der Waals surface area (Å²) in [7, 11) is 3.74. The van der Waals surface area contributed by atoms with Crippen molar-refractivity contribution in [1.29, 1.82) is 0 Å². The maximum absolute atomic E-state index is 12.7. The highest BCUT2D eigenvalue weighted by molar-refractivity contribution is 6.42. The lowest BCUT2D eigenvalue weighted by Gasteiger charge is -2.47. The zero-order valence-electron chi connectivity index (χ0n) is 17.3. The van der Waals surface area contributed by atoms with Gasteiger partial charge in [0.15, 0.2) is 5.76 Å². The van der Waals surface area contributed by atoms with Crippen LogP contribution in [0, 0.1) is 0 Å². The topological polar surface area (TPSA) is 57.4 Å². The van der Waals surface area contributed by atoms with Crippen molar-refractivity contribution in [1.82, 2.24) is 15.2 Å². The number of nitrogens with one attached hydrogen (secondary N) is 2. The van der Waals surface area contributed by atoms with E-state index in [4.69, 9.17) is 27.9 Å². The molecule has 2 N–H and O–H groups in total. The van der Waals surface area contributed by atoms with Crippen LogP contribution >= 0.6 is 23.2 Å². The molecule has 4 rings (SSSR count). The number of nitrogens with zero attached hydrogens (tertiary/aromatic N) is 1. The van der Waals surface area contributed by atoms with Gasteiger partial charge in [0, 0.05) is 34.7 Å². The number of rotatable bonds is 5. The van der Waals surface area contributed by atoms with E-state index in [1.165, 1.54) is 26.4 Å². The van der Waals surface area contributed by atoms with Crippen LogP contribution in [-0.2, 0) is 9.53 Å². The number of piperidine rings is 2. The number of aromatic nitrogens is 1. The van der Waals surface area contributed by atoms with Gasteiger partial charge in [-0.15, -0.1) is 0 Å². The highest BCUT2D eigenvalue weighted by Crippen LogP contribution is 2.32. The fraction of sp³-hybridized carbons (Fsp3) is 0.435. The Morgan fingerprint density at radius 1 is 1.20 bits per heavy atom. The van der Waals surface area contributed by atoms with Gasteiger partial charge in [0.05, 0.1) is 17.2 Å². The summed E-state index contributed by atoms with van der Waals surface area (Å²) in [6, 6.07) is 6.95. The van der Waals surface area contributed by atoms with Crippen molar-refractivity contribution in [2.45, 2.75) is 50.2 Å². The molecule has 2 aliphatic heterocycles. The van der Waals surface area contributed by atoms with E-state index >= 15 is 0 Å². The van der Waals surface area contributed by atoms with Crippen LogP contribution in [0.5, 0.6) is 0 Å². The van der Waals surface area contributed by atoms with Gasteiger partial charge in [-0.3, -0.25) is 4.79 Å². The third-order valence-electron chi connectivity index (χ3n) is 6.32. The first kappa shape index (κ1) is 21.3. The maximum Gasteiger partial charge on any atom is 0.286 e. The van der Waals surface area contributed by atoms with Crippen LogP contribution in [0.25, 0.3) is 17.0 Å². The van der Waals surface area contributed by atoms with Crippen molar-refractivity contribution in [3.8, 4) is 0 Å². The number of hydrogen-bond donors (Lipinski definition) is 2. The van der Waals surface area contributed by atoms with Crippen molar-refractivity contribution >= 4 is 46.1 Å². The molecular weight excluding hydrogens is 421 g/mol. The molecule has 1 aromatic heterocycles. The fourth-order valence-electron chi connectivity index (χ4n) is 4.70. The van der Waals surface area contributed by atoms with Gasteiger partial charge in [-0.1, -0.05) is 35.7 Å². The van der Waals surface area contributed by atoms with Crippen molar-refractivity contribution in [3.63, 3.8) is 0 Å². The maximum atomic E-state index is 12.7. The number of methoxy groups -OCH3 is 1. The average molecular weight is 448 g/mol. The molecule has 1 amide bonds. The lowest BCUT2D eigenvalue weighted by Crippen LogP contribution is -2.55. The molecular formula is C23H27Cl2N3O2. The number of fused-ring (bicyclic) bond motifs is 3. The van der Waals surface area contributed by atoms with Gasteiger partial charge in [0.25, 0.3) is 5.91 Å². The van der Waals surface area contributed by atoms with E-state index in [1.807, 2.05) is 18.2 Å². The monoisotopic (exact) mass is 447 g/mol. The van der Waals surface area contributed by atoms with Gasteiger partial charge >= 0.3 is 0 Å². The molecule has 1 aromatic carbocycles. The first-order chi connectivity index (χ1) is 14.4. The van der Waals surface area contributed by atoms with Crippen molar-refractivity contribution in [2.75, 3.05) is 14.2 Å². The Morgan fingerprint density at radius 3 is 2.60 bits per heavy atom. The molecule has 7 heteroatoms. The minimum atomic E-state index is -0.162. The molecule has 0 spiro atoms. The number of carbonyl (C=O) groups excluding carboxylic acids is 1. The Kier molecular flexibility index (Phi) is 6.42. The lowest BCUT2D eigenvalue weighted by molar-refractivity contribution is -0.121. The molecule has 30 heavy (non-hydrogen) atoms. The first-order valence-corrected chi connectivity index (χ1v) is 11.1. The van der Waals surface area contributed by atoms with E-state index in [0.29, 0.717) is 27.9 Å². The SMILES string of the molecule is CO/C(=C/C=C/c1cc2cc(Cl)c(Cl)cc2[nH]1)C(=O)NC1CC2CCCC(C1)N2C. The molecule has 5 nitrogen and oxygen atoms in total. The van der Waals surface area contributed by atoms with Crippen LogP contribution < -0.4 is 5.32 Å². The van der Waals surface area contributed by atoms with Crippen LogP contribution in [0.15, 0.2) is 36.1 Å². The molecule has 0 saturated carbocycles. The molecule has 3 heterocycles. The largest absolute Gasteiger partial charge is 0.491 e. The number of ether oxygens (including phenoxy) is 1. The summed E-state index contributed by atoms with van der Waals surface area (Å²) < 4.78 is 5.34. The highest BCUT2D eigenvalue weighted by Gasteiger charge is 2.36. The van der Waals surface area contributed by atoms with Crippen LogP contribution in [0.3, 0.4) is 0 Å². The first-order valence-electron chi connectivity index (χ1n) is 10.4. The molecule has 160 valence electrons. The molecule has 2 bridgehead atoms. The van der Waals surface area contributed by atoms with E-state index in [-0.39, 0.29) is 11.9 Å². The second kappa shape index (κ2) is 9.04. The normalized spacial score (nSPS) is 25.1. The minimum Gasteiger partial charge on any atom is -0.491 e. The van der Waals surface area contributed by atoms with Crippen LogP contribution in [0.1, 0.15) is 37.8 Å². The average Bonchev–Trinajstić information content (AvgIpc) is 3.07. The summed E-state index contributed by atoms with van der Waals surface area (Å²) >= 11 is 12.2. The Balaban J connectivity index is 1.41. The quantitative estimate of drug-likeness (QED) is 0.378. The lowest BCUT2D eigenvalue weighted by atomic mass is 9.82. The molecule has 0 aliphatic carbocycles. The second-order valence-corrected chi connectivity index (χ2v) is 9.03. The third-order valence-corrected chi connectivity index (χ3v) is 7.05. The molecule has 2 atom stereocenters. The molecule has 2 aromatic rings. The Hall–Kier alpha value is -1.95. The number of amides is 1. The Morgan fingerprint density at radius 2 is 1.90 bits per heavy atom. The Labute approximate surface area is 187 Å². The zero-order valence-corrected chi connectivity index (χ0v) is 18.8. The van der Waals surface area contributed by atoms with Crippen LogP contribution in [0.2, 0.25) is 10.0 Å². The van der Waals surface area contributed by atoms with Crippen molar-refractivity contribution < 1.29 is 9.53 Å². The summed E-state index contributed by atoms with van der Waals surface area (Å²) in [6.07, 6.45) is 11.1. The van der Waals surface area contributed by atoms with Crippen LogP contribution in [0.4, 0.5) is 0 Å². The number of carbonyl (C=O) groups is 1. The molecule has 2 unspecified atom stereocenters. The minimum absolute atomic E-state index is 0.162. The Bertz CT molecular complexity index is 945. The van der Waals surface area contributed by atoms with Gasteiger partial charge < -0.3 is 19.9 Å². The number of benzene rings is 1. The van der Waals surface area contributed by atoms with E-state index < -0.39 is 0 Å². The molecule has 0 radical (unpaired) electrons. The van der Waals surface area contributed by atoms with E-state index in [0.717, 1.165) is 29.4 Å². The number of hydrogen-bond acceptors (Lipinski definition) is 3. The number of H-pyrrole nitrogens is 1. The van der Waals surface area contributed by atoms with Gasteiger partial charge in [-0.2, -0.15) is 0 Å². The summed E-state index contributed by atoms with van der Waals surface area (Å²) in [5.74, 6) is 0.141. The molecule has 2 aliphatic rings. The fourth-order valence-corrected chi connectivity index (χ4v) is 5.04. The second-order valence-electron chi connectivity index (χ2n) is 8.22. The van der Waals surface area contributed by atoms with Crippen molar-refractivity contribution in [3.05, 3.63) is 51.8 Å². The summed E-state index contributed by atoms with van der Waals surface area (Å²) in [5, 5.41) is 5.18. The number of allylic oxidation sites excluding steroid dienone is 2. The van der Waals surface area contributed by atoms with E-state index in [2.05, 4.69) is 22.2 Å². The number of aromatic amines is 1. The van der Waals surface area contributed by atoms with Gasteiger partial charge in [-0.05, 0) is 63.1 Å². The van der Waals surface area contributed by atoms with E-state index in [1.54, 1.807) is 18.2 Å². The predicted molar refractivity (Wildman–Crippen MR) is 123 cm³/mol. The van der Waals surface area contributed by atoms with Gasteiger partial charge in [0.1, 0.15) is 0 Å². The predicted octanol–water partition coefficient (Wildman–Crippen LogP) is 5.15. The smallest absolute Gasteiger partial charge is 0.286 e. The van der Waals surface area contributed by atoms with Crippen LogP contribution in [-0.4, -0.2) is 48.1 Å². The van der Waals surface area contributed by atoms with E-state index in [9.17, 15) is 4.79 Å². The summed E-state index contributed by atoms with van der Waals surface area (Å²) in [5.41, 5.74) is 1.80. The number of halogens is 2. The van der Waals surface area contributed by atoms with Gasteiger partial charge in [-0.25, -0.2) is 0 Å². The summed E-state index contributed by atoms with van der Waals surface area (Å²) in [4.78, 5) is 18.5. The van der Waals surface area contributed by atoms with Crippen molar-refractivity contribution in [2.24, 2.45) is 0 Å². The standard InChI is InChI=1S/C23H27Cl2N3O2/c1-28-17-6-4-7-18(28)12-16(11-17)27-23(29)22(30-2)8-3-5-15-9-14-10-19(24)20(25)13-21(14)26-15/h3,5,8-10,13,16-18,26H,4,6-7,11-12H2,1-2H3,(H,27,29)/b5-3+,22-8+. The zero-order chi connectivity index (χ0) is 21.3. The highest BCUT2D eigenvalue weighted by atomic mass is 35.5. The summed E-state index contributed by atoms with van der Waals surface area (Å²) in [6.45, 7) is 0. The molecule has 2 fully saturated rings. The molecule has 2 saturated heterocycles.